The van der Waals surface area contributed by atoms with E-state index in [1.54, 1.807) is 34.9 Å². The minimum Gasteiger partial charge on any atom is -0.462 e. The summed E-state index contributed by atoms with van der Waals surface area (Å²) in [6, 6.07) is 31.8. The van der Waals surface area contributed by atoms with Crippen molar-refractivity contribution in [2.24, 2.45) is 0 Å². The molecule has 17 heteroatoms. The zero-order chi connectivity index (χ0) is 51.8. The van der Waals surface area contributed by atoms with Gasteiger partial charge in [-0.2, -0.15) is 26.3 Å². The Bertz CT molecular complexity index is 2860. The fourth-order valence-corrected chi connectivity index (χ4v) is 10.1. The Balaban J connectivity index is 0.000000135. The molecule has 6 aromatic rings. The molecule has 10 nitrogen and oxygen atoms in total. The number of aryl methyl sites for hydroxylation is 6. The number of benzene rings is 6. The van der Waals surface area contributed by atoms with Gasteiger partial charge < -0.3 is 34.5 Å². The van der Waals surface area contributed by atoms with Gasteiger partial charge in [0.1, 0.15) is 17.2 Å². The molecule has 0 saturated carbocycles. The number of alkyl halides is 7. The molecule has 0 unspecified atom stereocenters. The van der Waals surface area contributed by atoms with Gasteiger partial charge in [-0.05, 0) is 188 Å². The Morgan fingerprint density at radius 1 is 0.534 bits per heavy atom. The summed E-state index contributed by atoms with van der Waals surface area (Å²) in [5, 5.41) is 0.427. The number of anilines is 3. The minimum absolute atomic E-state index is 0.0166. The molecular weight excluding hydrogens is 1020 g/mol. The molecule has 6 aromatic carbocycles. The molecule has 0 saturated heterocycles. The van der Waals surface area contributed by atoms with Crippen molar-refractivity contribution in [1.29, 1.82) is 0 Å². The van der Waals surface area contributed by atoms with E-state index in [0.717, 1.165) is 66.7 Å². The van der Waals surface area contributed by atoms with E-state index in [2.05, 4.69) is 66.5 Å². The van der Waals surface area contributed by atoms with Crippen LogP contribution in [0, 0.1) is 0 Å². The second-order valence-corrected chi connectivity index (χ2v) is 18.3. The van der Waals surface area contributed by atoms with Gasteiger partial charge in [0.2, 0.25) is 0 Å². The maximum absolute atomic E-state index is 12.6. The van der Waals surface area contributed by atoms with E-state index in [4.69, 9.17) is 10.5 Å². The van der Waals surface area contributed by atoms with E-state index in [9.17, 15) is 40.7 Å². The average molecular weight is 1070 g/mol. The Hall–Kier alpha value is -7.01. The lowest BCUT2D eigenvalue weighted by Crippen LogP contribution is -2.23. The molecule has 0 radical (unpaired) electrons. The minimum atomic E-state index is -2.92. The third-order valence-electron chi connectivity index (χ3n) is 13.1. The van der Waals surface area contributed by atoms with Crippen LogP contribution in [0.25, 0.3) is 0 Å². The summed E-state index contributed by atoms with van der Waals surface area (Å²) in [5.74, 6) is -0.921. The van der Waals surface area contributed by atoms with Crippen LogP contribution >= 0.6 is 15.9 Å². The summed E-state index contributed by atoms with van der Waals surface area (Å²) in [5.41, 5.74) is 19.9. The highest BCUT2D eigenvalue weighted by atomic mass is 79.9. The van der Waals surface area contributed by atoms with E-state index in [-0.39, 0.29) is 41.2 Å². The van der Waals surface area contributed by atoms with Crippen molar-refractivity contribution in [1.82, 2.24) is 0 Å². The third-order valence-corrected chi connectivity index (χ3v) is 13.7. The lowest BCUT2D eigenvalue weighted by atomic mass is 10.1. The number of nitrogen functional groups attached to an aromatic ring is 1. The Labute approximate surface area is 427 Å². The molecule has 3 aliphatic carbocycles. The van der Waals surface area contributed by atoms with Crippen LogP contribution in [0.5, 0.6) is 17.2 Å². The van der Waals surface area contributed by atoms with Crippen LogP contribution in [0.4, 0.5) is 43.4 Å². The quantitative estimate of drug-likeness (QED) is 0.0589. The fraction of sp³-hybridized carbons (Fsp3) is 0.304. The largest absolute Gasteiger partial charge is 0.462 e. The van der Waals surface area contributed by atoms with Crippen LogP contribution in [-0.4, -0.2) is 44.2 Å². The number of hydrogen-bond donors (Lipinski definition) is 1. The monoisotopic (exact) mass is 1070 g/mol. The zero-order valence-corrected chi connectivity index (χ0v) is 41.4. The molecule has 0 bridgehead atoms. The molecule has 11 rings (SSSR count). The molecule has 2 aliphatic heterocycles. The normalized spacial score (nSPS) is 14.6. The number of carbonyl (C=O) groups is 3. The average Bonchev–Trinajstić information content (AvgIpc) is 4.23. The van der Waals surface area contributed by atoms with Crippen molar-refractivity contribution in [3.8, 4) is 17.2 Å². The highest BCUT2D eigenvalue weighted by Crippen LogP contribution is 2.36. The van der Waals surface area contributed by atoms with E-state index < -0.39 is 25.8 Å². The first kappa shape index (κ1) is 52.3. The Morgan fingerprint density at radius 2 is 0.932 bits per heavy atom. The molecule has 0 aromatic heterocycles. The molecule has 382 valence electrons. The number of nitrogens with two attached hydrogens (primary N) is 1. The summed E-state index contributed by atoms with van der Waals surface area (Å²) in [7, 11) is 0. The van der Waals surface area contributed by atoms with Crippen LogP contribution in [0.2, 0.25) is 0 Å². The number of rotatable bonds is 11. The van der Waals surface area contributed by atoms with E-state index in [0.29, 0.717) is 35.1 Å². The number of ether oxygens (including phenoxy) is 4. The first-order chi connectivity index (χ1) is 35.2. The molecule has 0 fully saturated rings. The van der Waals surface area contributed by atoms with Gasteiger partial charge in [-0.15, -0.1) is 0 Å². The zero-order valence-electron chi connectivity index (χ0n) is 39.8. The predicted octanol–water partition coefficient (Wildman–Crippen LogP) is 13.0. The lowest BCUT2D eigenvalue weighted by molar-refractivity contribution is -0.0505. The Kier molecular flexibility index (Phi) is 17.0. The number of esters is 1. The van der Waals surface area contributed by atoms with Gasteiger partial charge in [-0.25, -0.2) is 4.79 Å². The number of fused-ring (bicyclic) bond motifs is 5. The highest BCUT2D eigenvalue weighted by Gasteiger charge is 2.31. The lowest BCUT2D eigenvalue weighted by Gasteiger charge is -2.17. The van der Waals surface area contributed by atoms with E-state index >= 15 is 0 Å². The van der Waals surface area contributed by atoms with Crippen LogP contribution in [0.3, 0.4) is 0 Å². The van der Waals surface area contributed by atoms with Crippen LogP contribution < -0.4 is 29.7 Å². The van der Waals surface area contributed by atoms with Gasteiger partial charge in [0.25, 0.3) is 11.8 Å². The van der Waals surface area contributed by atoms with Crippen molar-refractivity contribution in [3.05, 3.63) is 176 Å². The van der Waals surface area contributed by atoms with Crippen LogP contribution in [-0.2, 0) is 61.7 Å². The van der Waals surface area contributed by atoms with Crippen molar-refractivity contribution in [2.75, 3.05) is 22.1 Å². The molecule has 2 N–H and O–H groups in total. The number of hydrogen-bond acceptors (Lipinski definition) is 8. The molecule has 0 atom stereocenters. The summed E-state index contributed by atoms with van der Waals surface area (Å²) in [6.45, 7) is -5.88. The summed E-state index contributed by atoms with van der Waals surface area (Å²) in [6.07, 6.45) is 10.4. The maximum Gasteiger partial charge on any atom is 0.387 e. The van der Waals surface area contributed by atoms with E-state index in [1.165, 1.54) is 89.0 Å². The highest BCUT2D eigenvalue weighted by molar-refractivity contribution is 9.08. The standard InChI is InChI=1S/2C18H15F2NO2.C11H11BrF2O3.C9H11N/c2*19-18(20)23-15-7-5-13-10-21(17(22)16(13)9-15)14-6-4-11-2-1-3-12(11)8-14;1-2-16-10(15)9-5-8(17-11(13)14)4-3-7(9)6-12;10-9-5-4-7-2-1-3-8(7)6-9/h2*4-9,18H,1-3,10H2;3-5,11H,2,6H2,1H3;4-6H,1-3,10H2. The number of halogens is 7. The Morgan fingerprint density at radius 3 is 1.37 bits per heavy atom. The van der Waals surface area contributed by atoms with Crippen molar-refractivity contribution >= 4 is 50.8 Å². The summed E-state index contributed by atoms with van der Waals surface area (Å²) < 4.78 is 91.2. The molecule has 73 heavy (non-hydrogen) atoms. The number of amides is 2. The van der Waals surface area contributed by atoms with Gasteiger partial charge >= 0.3 is 25.8 Å². The van der Waals surface area contributed by atoms with Crippen molar-refractivity contribution < 1.29 is 59.7 Å². The molecular formula is C56H52BrF6N3O7. The van der Waals surface area contributed by atoms with Crippen molar-refractivity contribution in [3.63, 3.8) is 0 Å². The molecule has 2 amide bonds. The molecule has 2 heterocycles. The number of carbonyl (C=O) groups excluding carboxylic acids is 3. The van der Waals surface area contributed by atoms with Gasteiger partial charge in [-0.1, -0.05) is 52.3 Å². The molecule has 5 aliphatic rings. The van der Waals surface area contributed by atoms with Gasteiger partial charge in [0.15, 0.2) is 0 Å². The SMILES string of the molecule is CCOC(=O)c1cc(OC(F)F)ccc1CBr.Nc1ccc2c(c1)CCC2.O=C1c2cc(OC(F)F)ccc2CN1c1ccc2c(c1)CCC2.O=C1c2cc(OC(F)F)ccc2CN1c1ccc2c(c1)CCC2. The second kappa shape index (κ2) is 23.7. The smallest absolute Gasteiger partial charge is 0.387 e. The van der Waals surface area contributed by atoms with Gasteiger partial charge in [0, 0.05) is 33.5 Å². The molecule has 0 spiro atoms. The first-order valence-corrected chi connectivity index (χ1v) is 25.0. The van der Waals surface area contributed by atoms with Gasteiger partial charge in [0.05, 0.1) is 25.3 Å². The van der Waals surface area contributed by atoms with Crippen LogP contribution in [0.1, 0.15) is 107 Å². The number of nitrogens with zero attached hydrogens (tertiary/aromatic N) is 2. The predicted molar refractivity (Wildman–Crippen MR) is 269 cm³/mol. The third kappa shape index (κ3) is 12.8. The summed E-state index contributed by atoms with van der Waals surface area (Å²) >= 11 is 3.21. The maximum atomic E-state index is 12.6. The van der Waals surface area contributed by atoms with Gasteiger partial charge in [-0.3, -0.25) is 9.59 Å². The first-order valence-electron chi connectivity index (χ1n) is 23.9. The summed E-state index contributed by atoms with van der Waals surface area (Å²) in [4.78, 5) is 40.2. The van der Waals surface area contributed by atoms with Crippen LogP contribution in [0.15, 0.2) is 109 Å². The fourth-order valence-electron chi connectivity index (χ4n) is 9.62. The topological polar surface area (TPSA) is 121 Å². The second-order valence-electron chi connectivity index (χ2n) is 17.7. The van der Waals surface area contributed by atoms with E-state index in [1.807, 2.05) is 18.2 Å². The van der Waals surface area contributed by atoms with Crippen molar-refractivity contribution in [2.45, 2.75) is 103 Å².